The van der Waals surface area contributed by atoms with E-state index >= 15 is 0 Å². The van der Waals surface area contributed by atoms with Crippen molar-refractivity contribution in [3.05, 3.63) is 70.4 Å². The molecular formula is C26H32ClFN4O2S2. The SMILES string of the molecule is O=S(=O)(Nc1nccs1)c1cc(Cl)c(NCCCC(CC[C@@H]2CCCN2)Cc2ccccc2)cc1F. The first-order chi connectivity index (χ1) is 17.4. The summed E-state index contributed by atoms with van der Waals surface area (Å²) in [4.78, 5) is 3.38. The Morgan fingerprint density at radius 3 is 2.78 bits per heavy atom. The average Bonchev–Trinajstić information content (AvgIpc) is 3.56. The summed E-state index contributed by atoms with van der Waals surface area (Å²) in [5.41, 5.74) is 1.74. The molecule has 10 heteroatoms. The second-order valence-electron chi connectivity index (χ2n) is 9.20. The summed E-state index contributed by atoms with van der Waals surface area (Å²) in [6, 6.07) is 13.5. The number of hydrogen-bond acceptors (Lipinski definition) is 6. The minimum Gasteiger partial charge on any atom is -0.384 e. The maximum Gasteiger partial charge on any atom is 0.266 e. The van der Waals surface area contributed by atoms with E-state index in [9.17, 15) is 12.8 Å². The normalized spacial score (nSPS) is 16.7. The van der Waals surface area contributed by atoms with Gasteiger partial charge >= 0.3 is 0 Å². The smallest absolute Gasteiger partial charge is 0.266 e. The van der Waals surface area contributed by atoms with Crippen LogP contribution in [0.3, 0.4) is 0 Å². The molecule has 2 aromatic carbocycles. The summed E-state index contributed by atoms with van der Waals surface area (Å²) in [5, 5.41) is 8.73. The van der Waals surface area contributed by atoms with Crippen molar-refractivity contribution in [3.63, 3.8) is 0 Å². The third-order valence-corrected chi connectivity index (χ3v) is 9.01. The molecule has 1 unspecified atom stereocenters. The number of aromatic nitrogens is 1. The Labute approximate surface area is 221 Å². The number of halogens is 2. The molecule has 3 aromatic rings. The van der Waals surface area contributed by atoms with Crippen LogP contribution in [0.2, 0.25) is 5.02 Å². The fraction of sp³-hybridized carbons (Fsp3) is 0.423. The summed E-state index contributed by atoms with van der Waals surface area (Å²) in [5.74, 6) is -0.301. The van der Waals surface area contributed by atoms with Gasteiger partial charge in [-0.05, 0) is 75.1 Å². The molecular weight excluding hydrogens is 519 g/mol. The Bertz CT molecular complexity index is 1200. The van der Waals surface area contributed by atoms with E-state index in [1.807, 2.05) is 6.07 Å². The predicted octanol–water partition coefficient (Wildman–Crippen LogP) is 6.32. The molecule has 0 bridgehead atoms. The van der Waals surface area contributed by atoms with Crippen LogP contribution in [0.4, 0.5) is 15.2 Å². The molecule has 4 rings (SSSR count). The van der Waals surface area contributed by atoms with Gasteiger partial charge in [-0.1, -0.05) is 41.9 Å². The van der Waals surface area contributed by atoms with Crippen molar-refractivity contribution in [2.75, 3.05) is 23.1 Å². The molecule has 0 amide bonds. The van der Waals surface area contributed by atoms with Gasteiger partial charge < -0.3 is 10.6 Å². The maximum atomic E-state index is 14.7. The fourth-order valence-corrected chi connectivity index (χ4v) is 6.83. The molecule has 1 saturated heterocycles. The predicted molar refractivity (Wildman–Crippen MR) is 146 cm³/mol. The van der Waals surface area contributed by atoms with Crippen molar-refractivity contribution < 1.29 is 12.8 Å². The molecule has 0 aliphatic carbocycles. The lowest BCUT2D eigenvalue weighted by atomic mass is 9.89. The first-order valence-electron chi connectivity index (χ1n) is 12.3. The summed E-state index contributed by atoms with van der Waals surface area (Å²) in [6.07, 6.45) is 9.33. The third kappa shape index (κ3) is 7.65. The average molecular weight is 551 g/mol. The quantitative estimate of drug-likeness (QED) is 0.217. The molecule has 0 radical (unpaired) electrons. The third-order valence-electron chi connectivity index (χ3n) is 6.52. The Morgan fingerprint density at radius 2 is 2.06 bits per heavy atom. The van der Waals surface area contributed by atoms with Crippen molar-refractivity contribution in [3.8, 4) is 0 Å². The summed E-state index contributed by atoms with van der Waals surface area (Å²) >= 11 is 7.43. The minimum absolute atomic E-state index is 0.157. The van der Waals surface area contributed by atoms with Crippen LogP contribution in [0.1, 0.15) is 44.1 Å². The van der Waals surface area contributed by atoms with E-state index in [2.05, 4.69) is 44.6 Å². The van der Waals surface area contributed by atoms with Crippen LogP contribution in [0, 0.1) is 11.7 Å². The Morgan fingerprint density at radius 1 is 1.22 bits per heavy atom. The van der Waals surface area contributed by atoms with E-state index in [1.165, 1.54) is 37.4 Å². The van der Waals surface area contributed by atoms with E-state index in [4.69, 9.17) is 11.6 Å². The molecule has 1 fully saturated rings. The van der Waals surface area contributed by atoms with Crippen LogP contribution in [0.5, 0.6) is 0 Å². The van der Waals surface area contributed by atoms with E-state index in [-0.39, 0.29) is 10.2 Å². The van der Waals surface area contributed by atoms with Crippen LogP contribution >= 0.6 is 22.9 Å². The van der Waals surface area contributed by atoms with Gasteiger partial charge in [-0.2, -0.15) is 0 Å². The second-order valence-corrected chi connectivity index (χ2v) is 12.2. The van der Waals surface area contributed by atoms with E-state index in [0.717, 1.165) is 49.3 Å². The van der Waals surface area contributed by atoms with Gasteiger partial charge in [0.05, 0.1) is 10.7 Å². The van der Waals surface area contributed by atoms with Gasteiger partial charge in [-0.3, -0.25) is 4.72 Å². The molecule has 0 spiro atoms. The van der Waals surface area contributed by atoms with Gasteiger partial charge in [-0.25, -0.2) is 17.8 Å². The van der Waals surface area contributed by atoms with Gasteiger partial charge in [0, 0.05) is 24.2 Å². The number of rotatable bonds is 13. The number of benzene rings is 2. The van der Waals surface area contributed by atoms with Crippen molar-refractivity contribution in [2.24, 2.45) is 5.92 Å². The van der Waals surface area contributed by atoms with Crippen molar-refractivity contribution in [2.45, 2.75) is 55.9 Å². The molecule has 3 N–H and O–H groups in total. The lowest BCUT2D eigenvalue weighted by molar-refractivity contribution is 0.394. The highest BCUT2D eigenvalue weighted by molar-refractivity contribution is 7.93. The second kappa shape index (κ2) is 12.9. The van der Waals surface area contributed by atoms with Gasteiger partial charge in [0.25, 0.3) is 10.0 Å². The monoisotopic (exact) mass is 550 g/mol. The molecule has 194 valence electrons. The Hall–Kier alpha value is -2.20. The number of nitrogens with zero attached hydrogens (tertiary/aromatic N) is 1. The largest absolute Gasteiger partial charge is 0.384 e. The fourth-order valence-electron chi connectivity index (χ4n) is 4.66. The highest BCUT2D eigenvalue weighted by atomic mass is 35.5. The zero-order valence-corrected chi connectivity index (χ0v) is 22.4. The number of thiazole rings is 1. The number of sulfonamides is 1. The first-order valence-corrected chi connectivity index (χ1v) is 15.1. The van der Waals surface area contributed by atoms with Crippen LogP contribution in [0.25, 0.3) is 0 Å². The zero-order valence-electron chi connectivity index (χ0n) is 20.1. The van der Waals surface area contributed by atoms with Crippen LogP contribution in [0.15, 0.2) is 58.9 Å². The Kier molecular flexibility index (Phi) is 9.59. The van der Waals surface area contributed by atoms with Gasteiger partial charge in [0.15, 0.2) is 5.13 Å². The van der Waals surface area contributed by atoms with Gasteiger partial charge in [-0.15, -0.1) is 11.3 Å². The topological polar surface area (TPSA) is 83.1 Å². The van der Waals surface area contributed by atoms with Crippen LogP contribution in [-0.4, -0.2) is 32.5 Å². The zero-order chi connectivity index (χ0) is 25.4. The van der Waals surface area contributed by atoms with Crippen molar-refractivity contribution in [1.29, 1.82) is 0 Å². The van der Waals surface area contributed by atoms with Crippen molar-refractivity contribution in [1.82, 2.24) is 10.3 Å². The molecule has 6 nitrogen and oxygen atoms in total. The highest BCUT2D eigenvalue weighted by Crippen LogP contribution is 2.30. The molecule has 1 aliphatic rings. The minimum atomic E-state index is -4.13. The van der Waals surface area contributed by atoms with Gasteiger partial charge in [0.2, 0.25) is 0 Å². The van der Waals surface area contributed by atoms with E-state index in [1.54, 1.807) is 5.38 Å². The summed E-state index contributed by atoms with van der Waals surface area (Å²) in [7, 11) is -4.13. The standard InChI is InChI=1S/C26H32ClFN4O2S2/c27-22-17-25(36(33,34)32-26-31-14-15-35-26)23(28)18-24(22)30-13-4-8-20(10-11-21-9-5-12-29-21)16-19-6-2-1-3-7-19/h1-3,6-7,14-15,17-18,20-21,29-30H,4-5,8-13,16H2,(H,31,32)/t20?,21-/m0/s1. The molecule has 36 heavy (non-hydrogen) atoms. The van der Waals surface area contributed by atoms with Gasteiger partial charge in [0.1, 0.15) is 10.7 Å². The molecule has 2 heterocycles. The lowest BCUT2D eigenvalue weighted by Gasteiger charge is -2.20. The Balaban J connectivity index is 1.32. The number of anilines is 2. The highest BCUT2D eigenvalue weighted by Gasteiger charge is 2.23. The van der Waals surface area contributed by atoms with Crippen LogP contribution in [-0.2, 0) is 16.4 Å². The first kappa shape index (κ1) is 26.9. The maximum absolute atomic E-state index is 14.7. The molecule has 0 saturated carbocycles. The van der Waals surface area contributed by atoms with Crippen LogP contribution < -0.4 is 15.4 Å². The molecule has 1 aliphatic heterocycles. The van der Waals surface area contributed by atoms with Crippen molar-refractivity contribution >= 4 is 43.8 Å². The number of nitrogens with one attached hydrogen (secondary N) is 3. The summed E-state index contributed by atoms with van der Waals surface area (Å²) < 4.78 is 42.1. The molecule has 2 atom stereocenters. The summed E-state index contributed by atoms with van der Waals surface area (Å²) in [6.45, 7) is 1.74. The lowest BCUT2D eigenvalue weighted by Crippen LogP contribution is -2.22. The molecule has 1 aromatic heterocycles. The van der Waals surface area contributed by atoms with E-state index < -0.39 is 20.7 Å². The van der Waals surface area contributed by atoms with E-state index in [0.29, 0.717) is 24.2 Å². The number of hydrogen-bond donors (Lipinski definition) is 3.